The molecule has 0 spiro atoms. The summed E-state index contributed by atoms with van der Waals surface area (Å²) in [5.74, 6) is -1.80. The van der Waals surface area contributed by atoms with Crippen molar-refractivity contribution in [1.82, 2.24) is 19.6 Å². The second-order valence-electron chi connectivity index (χ2n) is 12.2. The molecule has 0 radical (unpaired) electrons. The van der Waals surface area contributed by atoms with Gasteiger partial charge < -0.3 is 10.2 Å². The number of nitro groups is 2. The van der Waals surface area contributed by atoms with Crippen LogP contribution in [-0.2, 0) is 37.0 Å². The second-order valence-corrected chi connectivity index (χ2v) is 16.1. The van der Waals surface area contributed by atoms with Crippen molar-refractivity contribution in [3.8, 4) is 22.9 Å². The van der Waals surface area contributed by atoms with Crippen molar-refractivity contribution in [2.45, 2.75) is 23.6 Å². The quantitative estimate of drug-likeness (QED) is 0.0856. The molecule has 306 valence electrons. The van der Waals surface area contributed by atoms with Crippen molar-refractivity contribution in [3.05, 3.63) is 137 Å². The smallest absolute Gasteiger partial charge is 0.871 e. The summed E-state index contributed by atoms with van der Waals surface area (Å²) in [4.78, 5) is 44.0. The van der Waals surface area contributed by atoms with Crippen molar-refractivity contribution in [3.63, 3.8) is 0 Å². The van der Waals surface area contributed by atoms with Gasteiger partial charge >= 0.3 is 29.6 Å². The number of para-hydroxylation sites is 2. The van der Waals surface area contributed by atoms with E-state index in [-0.39, 0.29) is 58.3 Å². The third-order valence-corrected chi connectivity index (χ3v) is 10.2. The van der Waals surface area contributed by atoms with Gasteiger partial charge in [0.25, 0.3) is 22.5 Å². The maximum absolute atomic E-state index is 12.6. The van der Waals surface area contributed by atoms with E-state index in [4.69, 9.17) is 0 Å². The summed E-state index contributed by atoms with van der Waals surface area (Å²) >= 11 is 0. The summed E-state index contributed by atoms with van der Waals surface area (Å²) in [6, 6.07) is 20.0. The molecule has 0 aliphatic carbocycles. The van der Waals surface area contributed by atoms with Crippen molar-refractivity contribution in [1.29, 1.82) is 0 Å². The normalized spacial score (nSPS) is 11.4. The summed E-state index contributed by atoms with van der Waals surface area (Å²) in [5, 5.41) is 66.8. The predicted octanol–water partition coefficient (Wildman–Crippen LogP) is 1.55. The Kier molecular flexibility index (Phi) is 15.6. The Hall–Kier alpha value is -6.07. The van der Waals surface area contributed by atoms with Crippen LogP contribution in [0.4, 0.5) is 34.1 Å². The topological polar surface area (TPSA) is 326 Å². The van der Waals surface area contributed by atoms with Gasteiger partial charge in [-0.15, -0.1) is 10.2 Å². The molecule has 6 aromatic rings. The molecule has 0 atom stereocenters. The van der Waals surface area contributed by atoms with E-state index in [9.17, 15) is 56.9 Å². The van der Waals surface area contributed by atoms with Crippen molar-refractivity contribution < 1.29 is 83.8 Å². The first-order chi connectivity index (χ1) is 27.2. The van der Waals surface area contributed by atoms with Gasteiger partial charge in [0, 0.05) is 42.0 Å². The van der Waals surface area contributed by atoms with Crippen molar-refractivity contribution in [2.75, 3.05) is 12.5 Å². The van der Waals surface area contributed by atoms with Crippen LogP contribution in [0.1, 0.15) is 11.4 Å². The molecule has 2 heterocycles. The van der Waals surface area contributed by atoms with E-state index in [0.717, 1.165) is 24.6 Å². The zero-order valence-electron chi connectivity index (χ0n) is 31.8. The zero-order valence-corrected chi connectivity index (χ0v) is 36.7. The Morgan fingerprint density at radius 2 is 0.900 bits per heavy atom. The first-order valence-corrected chi connectivity index (χ1v) is 19.9. The number of nitro benzene ring substituents is 2. The van der Waals surface area contributed by atoms with Gasteiger partial charge in [-0.3, -0.25) is 40.0 Å². The second kappa shape index (κ2) is 19.3. The Balaban J connectivity index is 0.000000310. The van der Waals surface area contributed by atoms with Gasteiger partial charge in [0.1, 0.15) is 9.79 Å². The number of benzene rings is 4. The number of hydrogen-bond acceptors (Lipinski definition) is 16. The number of nitrogens with zero attached hydrogens (tertiary/aromatic N) is 8. The predicted molar refractivity (Wildman–Crippen MR) is 202 cm³/mol. The summed E-state index contributed by atoms with van der Waals surface area (Å²) < 4.78 is 49.8. The van der Waals surface area contributed by atoms with Crippen LogP contribution in [0.5, 0.6) is 11.5 Å². The number of aryl methyl sites for hydroxylation is 2. The molecule has 60 heavy (non-hydrogen) atoms. The molecule has 0 aliphatic heterocycles. The molecule has 0 bridgehead atoms. The van der Waals surface area contributed by atoms with Gasteiger partial charge in [0.15, 0.2) is 31.0 Å². The first-order valence-electron chi connectivity index (χ1n) is 16.2. The number of H-pyrrole nitrogens is 2. The Bertz CT molecular complexity index is 2800. The SMILES string of the molecule is Cc1[nH]n(-c2ccccc2)c(=O)c1N=Nc1cc(S(C)(=O)=O)c([N+](=O)[O-])cc1[O-].Cc1[nH]n(-c2ccccc2)c(=O)c1N=Nc1cc(S(C)(=O)=O)c([N+](=O)[O-])cc1[O-].[Cr].[Na+]. The summed E-state index contributed by atoms with van der Waals surface area (Å²) in [7, 11) is -8.01. The van der Waals surface area contributed by atoms with E-state index in [1.165, 1.54) is 9.36 Å². The minimum atomic E-state index is -4.00. The average Bonchev–Trinajstić information content (AvgIpc) is 3.61. The third kappa shape index (κ3) is 10.8. The van der Waals surface area contributed by atoms with Gasteiger partial charge in [-0.05, 0) is 50.2 Å². The fourth-order valence-electron chi connectivity index (χ4n) is 5.15. The molecule has 0 fully saturated rings. The van der Waals surface area contributed by atoms with Crippen molar-refractivity contribution >= 4 is 53.8 Å². The van der Waals surface area contributed by atoms with Crippen LogP contribution in [0.2, 0.25) is 0 Å². The maximum Gasteiger partial charge on any atom is 1.00 e. The molecule has 6 rings (SSSR count). The molecule has 26 heteroatoms. The van der Waals surface area contributed by atoms with Gasteiger partial charge in [-0.2, -0.15) is 10.2 Å². The van der Waals surface area contributed by atoms with E-state index < -0.39 is 84.7 Å². The largest absolute Gasteiger partial charge is 1.00 e. The Labute approximate surface area is 371 Å². The molecule has 0 unspecified atom stereocenters. The fourth-order valence-corrected chi connectivity index (χ4v) is 6.83. The van der Waals surface area contributed by atoms with E-state index >= 15 is 0 Å². The minimum absolute atomic E-state index is 0. The Morgan fingerprint density at radius 3 is 1.18 bits per heavy atom. The van der Waals surface area contributed by atoms with E-state index in [1.807, 2.05) is 0 Å². The fraction of sp³-hybridized carbons (Fsp3) is 0.118. The minimum Gasteiger partial charge on any atom is -0.871 e. The summed E-state index contributed by atoms with van der Waals surface area (Å²) in [5.41, 5.74) is -1.99. The van der Waals surface area contributed by atoms with Crippen molar-refractivity contribution in [2.24, 2.45) is 20.5 Å². The van der Waals surface area contributed by atoms with Crippen LogP contribution >= 0.6 is 0 Å². The summed E-state index contributed by atoms with van der Waals surface area (Å²) in [6.07, 6.45) is 1.55. The molecule has 0 saturated heterocycles. The van der Waals surface area contributed by atoms with Crippen LogP contribution in [0, 0.1) is 34.1 Å². The van der Waals surface area contributed by atoms with Gasteiger partial charge in [-0.25, -0.2) is 26.2 Å². The van der Waals surface area contributed by atoms with Gasteiger partial charge in [0.05, 0.1) is 44.0 Å². The van der Waals surface area contributed by atoms with Gasteiger partial charge in [-0.1, -0.05) is 47.9 Å². The number of nitrogens with one attached hydrogen (secondary N) is 2. The van der Waals surface area contributed by atoms with Crippen LogP contribution < -0.4 is 50.9 Å². The van der Waals surface area contributed by atoms with Crippen LogP contribution in [0.25, 0.3) is 11.4 Å². The van der Waals surface area contributed by atoms with Crippen LogP contribution in [0.3, 0.4) is 0 Å². The maximum atomic E-state index is 12.6. The number of hydrogen-bond donors (Lipinski definition) is 2. The number of azo groups is 2. The molecular formula is C34H28CrN10NaO12S2-. The molecular weight excluding hydrogens is 880 g/mol. The van der Waals surface area contributed by atoms with Crippen LogP contribution in [0.15, 0.2) is 125 Å². The molecule has 4 aromatic carbocycles. The first kappa shape index (κ1) is 48.3. The average molecular weight is 908 g/mol. The monoisotopic (exact) mass is 907 g/mol. The number of aromatic nitrogens is 4. The third-order valence-electron chi connectivity index (χ3n) is 7.90. The molecule has 0 amide bonds. The standard InChI is InChI=1S/2C17H15N5O6S.Cr.Na/c2*1-10-16(17(24)21(20-10)11-6-4-3-5-7-11)19-18-12-8-15(29(2,27)28)13(22(25)26)9-14(12)23;;/h2*3-9,20,23H,1-2H3;;/q;;;+1/p-2. The Morgan fingerprint density at radius 1 is 0.583 bits per heavy atom. The van der Waals surface area contributed by atoms with E-state index in [0.29, 0.717) is 34.9 Å². The molecule has 0 aliphatic rings. The van der Waals surface area contributed by atoms with Gasteiger partial charge in [0.2, 0.25) is 0 Å². The van der Waals surface area contributed by atoms with Crippen LogP contribution in [-0.4, -0.2) is 58.8 Å². The van der Waals surface area contributed by atoms with E-state index in [2.05, 4.69) is 30.7 Å². The number of sulfone groups is 2. The summed E-state index contributed by atoms with van der Waals surface area (Å²) in [6.45, 7) is 3.15. The zero-order chi connectivity index (χ0) is 42.7. The number of rotatable bonds is 10. The van der Waals surface area contributed by atoms with E-state index in [1.54, 1.807) is 74.5 Å². The molecule has 2 N–H and O–H groups in total. The molecule has 2 aromatic heterocycles. The number of aromatic amines is 2. The molecule has 0 saturated carbocycles. The molecule has 22 nitrogen and oxygen atoms in total.